The molecule has 1 unspecified atom stereocenters. The third-order valence-corrected chi connectivity index (χ3v) is 3.18. The van der Waals surface area contributed by atoms with Crippen LogP contribution >= 0.6 is 0 Å². The lowest BCUT2D eigenvalue weighted by Gasteiger charge is -2.23. The van der Waals surface area contributed by atoms with E-state index in [1.54, 1.807) is 0 Å². The monoisotopic (exact) mass is 205 g/mol. The summed E-state index contributed by atoms with van der Waals surface area (Å²) in [4.78, 5) is 2.44. The molecule has 0 aliphatic carbocycles. The molecule has 1 heteroatoms. The van der Waals surface area contributed by atoms with E-state index in [0.717, 1.165) is 6.42 Å². The lowest BCUT2D eigenvalue weighted by molar-refractivity contribution is 0.346. The highest BCUT2D eigenvalue weighted by molar-refractivity contribution is 5.36. The Labute approximate surface area is 94.2 Å². The van der Waals surface area contributed by atoms with Crippen LogP contribution in [0.15, 0.2) is 36.0 Å². The second-order valence-corrected chi connectivity index (χ2v) is 4.24. The molecule has 0 aromatic carbocycles. The molecule has 0 aromatic heterocycles. The van der Waals surface area contributed by atoms with Gasteiger partial charge < -0.3 is 0 Å². The molecule has 1 rings (SSSR count). The second kappa shape index (κ2) is 5.92. The van der Waals surface area contributed by atoms with Gasteiger partial charge in [0.15, 0.2) is 0 Å². The first-order valence-corrected chi connectivity index (χ1v) is 5.92. The van der Waals surface area contributed by atoms with Gasteiger partial charge in [0, 0.05) is 6.04 Å². The Morgan fingerprint density at radius 2 is 2.27 bits per heavy atom. The Bertz CT molecular complexity index is 273. The van der Waals surface area contributed by atoms with Crippen molar-refractivity contribution in [1.82, 2.24) is 4.90 Å². The Morgan fingerprint density at radius 3 is 2.73 bits per heavy atom. The number of likely N-dealkylation sites (tertiary alicyclic amines) is 1. The van der Waals surface area contributed by atoms with Crippen LogP contribution in [0.25, 0.3) is 0 Å². The summed E-state index contributed by atoms with van der Waals surface area (Å²) in [7, 11) is 2.21. The third kappa shape index (κ3) is 3.07. The smallest absolute Gasteiger partial charge is 0.0348 e. The number of likely N-dealkylation sites (N-methyl/N-ethyl adjacent to an activating group) is 1. The predicted molar refractivity (Wildman–Crippen MR) is 68.0 cm³/mol. The maximum Gasteiger partial charge on any atom is 0.0348 e. The molecule has 0 saturated carbocycles. The van der Waals surface area contributed by atoms with Crippen LogP contribution in [-0.2, 0) is 0 Å². The van der Waals surface area contributed by atoms with E-state index in [4.69, 9.17) is 0 Å². The van der Waals surface area contributed by atoms with Crippen LogP contribution in [0.3, 0.4) is 0 Å². The maximum absolute atomic E-state index is 4.18. The zero-order valence-electron chi connectivity index (χ0n) is 10.3. The molecule has 1 heterocycles. The lowest BCUT2D eigenvalue weighted by Crippen LogP contribution is -2.27. The molecule has 0 radical (unpaired) electrons. The van der Waals surface area contributed by atoms with Crippen LogP contribution < -0.4 is 0 Å². The van der Waals surface area contributed by atoms with Crippen LogP contribution in [0, 0.1) is 0 Å². The van der Waals surface area contributed by atoms with Crippen molar-refractivity contribution in [3.63, 3.8) is 0 Å². The van der Waals surface area contributed by atoms with Gasteiger partial charge in [-0.2, -0.15) is 0 Å². The van der Waals surface area contributed by atoms with E-state index < -0.39 is 0 Å². The van der Waals surface area contributed by atoms with Gasteiger partial charge in [0.25, 0.3) is 0 Å². The standard InChI is InChI=1S/C14H23N/c1-5-7-9-13(12(3)6-2)14-10-8-11-15(14)4/h5,7,9,14H,3,6,8,10-11H2,1-2,4H3/b7-5-,13-9+. The number of nitrogens with zero attached hydrogens (tertiary/aromatic N) is 1. The highest BCUT2D eigenvalue weighted by atomic mass is 15.1. The van der Waals surface area contributed by atoms with Crippen LogP contribution in [0.5, 0.6) is 0 Å². The average Bonchev–Trinajstić information content (AvgIpc) is 2.65. The minimum Gasteiger partial charge on any atom is -0.299 e. The topological polar surface area (TPSA) is 3.24 Å². The molecule has 0 bridgehead atoms. The molecule has 0 spiro atoms. The predicted octanol–water partition coefficient (Wildman–Crippen LogP) is 3.55. The molecule has 1 atom stereocenters. The number of allylic oxidation sites excluding steroid dienone is 3. The maximum atomic E-state index is 4.18. The van der Waals surface area contributed by atoms with E-state index in [-0.39, 0.29) is 0 Å². The summed E-state index contributed by atoms with van der Waals surface area (Å²) < 4.78 is 0. The van der Waals surface area contributed by atoms with Crippen molar-refractivity contribution in [3.05, 3.63) is 36.0 Å². The summed E-state index contributed by atoms with van der Waals surface area (Å²) >= 11 is 0. The van der Waals surface area contributed by atoms with Crippen molar-refractivity contribution < 1.29 is 0 Å². The third-order valence-electron chi connectivity index (χ3n) is 3.18. The van der Waals surface area contributed by atoms with Gasteiger partial charge in [0.2, 0.25) is 0 Å². The Kier molecular flexibility index (Phi) is 4.83. The summed E-state index contributed by atoms with van der Waals surface area (Å²) in [5, 5.41) is 0. The fraction of sp³-hybridized carbons (Fsp3) is 0.571. The van der Waals surface area contributed by atoms with E-state index >= 15 is 0 Å². The Balaban J connectivity index is 2.85. The molecule has 0 amide bonds. The molecular formula is C14H23N. The van der Waals surface area contributed by atoms with Crippen molar-refractivity contribution in [2.45, 2.75) is 39.2 Å². The molecule has 1 nitrogen and oxygen atoms in total. The van der Waals surface area contributed by atoms with Gasteiger partial charge in [0.1, 0.15) is 0 Å². The zero-order chi connectivity index (χ0) is 11.3. The molecular weight excluding hydrogens is 182 g/mol. The number of hydrogen-bond acceptors (Lipinski definition) is 1. The minimum atomic E-state index is 0.591. The van der Waals surface area contributed by atoms with Crippen molar-refractivity contribution in [1.29, 1.82) is 0 Å². The summed E-state index contributed by atoms with van der Waals surface area (Å²) in [6, 6.07) is 0.591. The fourth-order valence-corrected chi connectivity index (χ4v) is 2.17. The first kappa shape index (κ1) is 12.3. The number of hydrogen-bond donors (Lipinski definition) is 0. The van der Waals surface area contributed by atoms with Crippen molar-refractivity contribution in [3.8, 4) is 0 Å². The van der Waals surface area contributed by atoms with E-state index in [1.807, 2.05) is 0 Å². The van der Waals surface area contributed by atoms with E-state index in [1.165, 1.54) is 30.5 Å². The Morgan fingerprint density at radius 1 is 1.53 bits per heavy atom. The lowest BCUT2D eigenvalue weighted by atomic mass is 9.95. The van der Waals surface area contributed by atoms with Gasteiger partial charge >= 0.3 is 0 Å². The normalized spacial score (nSPS) is 23.9. The number of rotatable bonds is 4. The summed E-state index contributed by atoms with van der Waals surface area (Å²) in [5.41, 5.74) is 2.71. The van der Waals surface area contributed by atoms with E-state index in [2.05, 4.69) is 50.6 Å². The fourth-order valence-electron chi connectivity index (χ4n) is 2.17. The average molecular weight is 205 g/mol. The highest BCUT2D eigenvalue weighted by Gasteiger charge is 2.24. The highest BCUT2D eigenvalue weighted by Crippen LogP contribution is 2.27. The molecule has 1 aliphatic rings. The van der Waals surface area contributed by atoms with Gasteiger partial charge in [0.05, 0.1) is 0 Å². The van der Waals surface area contributed by atoms with Crippen molar-refractivity contribution in [2.75, 3.05) is 13.6 Å². The quantitative estimate of drug-likeness (QED) is 0.634. The van der Waals surface area contributed by atoms with Crippen LogP contribution in [0.1, 0.15) is 33.1 Å². The largest absolute Gasteiger partial charge is 0.299 e. The molecule has 84 valence electrons. The van der Waals surface area contributed by atoms with Gasteiger partial charge in [-0.3, -0.25) is 4.90 Å². The summed E-state index contributed by atoms with van der Waals surface area (Å²) in [5.74, 6) is 0. The molecule has 0 N–H and O–H groups in total. The van der Waals surface area contributed by atoms with E-state index in [0.29, 0.717) is 6.04 Å². The summed E-state index contributed by atoms with van der Waals surface area (Å²) in [6.07, 6.45) is 10.1. The van der Waals surface area contributed by atoms with Gasteiger partial charge in [-0.1, -0.05) is 37.3 Å². The minimum absolute atomic E-state index is 0.591. The molecule has 1 saturated heterocycles. The molecule has 0 aromatic rings. The van der Waals surface area contributed by atoms with Gasteiger partial charge in [-0.15, -0.1) is 0 Å². The molecule has 15 heavy (non-hydrogen) atoms. The van der Waals surface area contributed by atoms with E-state index in [9.17, 15) is 0 Å². The van der Waals surface area contributed by atoms with Gasteiger partial charge in [-0.25, -0.2) is 0 Å². The first-order chi connectivity index (χ1) is 7.20. The molecule has 1 fully saturated rings. The van der Waals surface area contributed by atoms with Crippen LogP contribution in [0.2, 0.25) is 0 Å². The summed E-state index contributed by atoms with van der Waals surface area (Å²) in [6.45, 7) is 9.63. The van der Waals surface area contributed by atoms with Crippen molar-refractivity contribution in [2.24, 2.45) is 0 Å². The second-order valence-electron chi connectivity index (χ2n) is 4.24. The molecule has 1 aliphatic heterocycles. The van der Waals surface area contributed by atoms with Crippen molar-refractivity contribution >= 4 is 0 Å². The SMILES string of the molecule is C=C(CC)/C(=C\C=C/C)C1CCCN1C. The zero-order valence-corrected chi connectivity index (χ0v) is 10.3. The van der Waals surface area contributed by atoms with Gasteiger partial charge in [-0.05, 0) is 45.4 Å². The van der Waals surface area contributed by atoms with Crippen LogP contribution in [0.4, 0.5) is 0 Å². The van der Waals surface area contributed by atoms with Crippen LogP contribution in [-0.4, -0.2) is 24.5 Å². The first-order valence-electron chi connectivity index (χ1n) is 5.92. The Hall–Kier alpha value is -0.820.